The first-order valence-corrected chi connectivity index (χ1v) is 8.75. The summed E-state index contributed by atoms with van der Waals surface area (Å²) in [6, 6.07) is 9.75. The van der Waals surface area contributed by atoms with Crippen molar-refractivity contribution in [3.8, 4) is 0 Å². The molecule has 1 amide bonds. The van der Waals surface area contributed by atoms with Gasteiger partial charge in [-0.2, -0.15) is 0 Å². The Bertz CT molecular complexity index is 762. The molecule has 1 aromatic carbocycles. The number of carbonyl (C=O) groups is 1. The standard InChI is InChI=1S/C20H25FN2O2/c1-19(2,3)25-18(24)23-11-8-20(21,9-12-23)14-15-6-7-17-16(13-15)5-4-10-22-17/h4-7,10,13H,8-9,11-12,14H2,1-3H3. The van der Waals surface area contributed by atoms with Crippen molar-refractivity contribution in [1.82, 2.24) is 9.88 Å². The Morgan fingerprint density at radius 3 is 2.68 bits per heavy atom. The van der Waals surface area contributed by atoms with Crippen LogP contribution in [0.2, 0.25) is 0 Å². The lowest BCUT2D eigenvalue weighted by atomic mass is 9.87. The highest BCUT2D eigenvalue weighted by Gasteiger charge is 2.37. The lowest BCUT2D eigenvalue weighted by Gasteiger charge is -2.37. The average molecular weight is 344 g/mol. The average Bonchev–Trinajstić information content (AvgIpc) is 2.53. The fourth-order valence-corrected chi connectivity index (χ4v) is 3.19. The number of likely N-dealkylation sites (tertiary alicyclic amines) is 1. The van der Waals surface area contributed by atoms with E-state index in [9.17, 15) is 4.79 Å². The zero-order valence-corrected chi connectivity index (χ0v) is 15.1. The molecule has 2 aromatic rings. The number of aromatic nitrogens is 1. The minimum atomic E-state index is -1.28. The molecular formula is C20H25FN2O2. The first-order valence-electron chi connectivity index (χ1n) is 8.75. The van der Waals surface area contributed by atoms with E-state index in [1.165, 1.54) is 0 Å². The first kappa shape index (κ1) is 17.6. The van der Waals surface area contributed by atoms with Crippen molar-refractivity contribution in [3.63, 3.8) is 0 Å². The van der Waals surface area contributed by atoms with Gasteiger partial charge in [-0.3, -0.25) is 4.98 Å². The number of halogens is 1. The Hall–Kier alpha value is -2.17. The summed E-state index contributed by atoms with van der Waals surface area (Å²) in [6.07, 6.45) is 2.42. The van der Waals surface area contributed by atoms with E-state index in [0.717, 1.165) is 16.5 Å². The molecule has 0 unspecified atom stereocenters. The summed E-state index contributed by atoms with van der Waals surface area (Å²) in [5.74, 6) is 0. The van der Waals surface area contributed by atoms with Gasteiger partial charge in [0.2, 0.25) is 0 Å². The molecule has 5 heteroatoms. The summed E-state index contributed by atoms with van der Waals surface area (Å²) in [7, 11) is 0. The molecule has 25 heavy (non-hydrogen) atoms. The third-order valence-electron chi connectivity index (χ3n) is 4.50. The molecule has 0 bridgehead atoms. The van der Waals surface area contributed by atoms with Crippen LogP contribution in [0.15, 0.2) is 36.5 Å². The van der Waals surface area contributed by atoms with Crippen LogP contribution in [-0.4, -0.2) is 40.3 Å². The fourth-order valence-electron chi connectivity index (χ4n) is 3.19. The van der Waals surface area contributed by atoms with Crippen LogP contribution in [0.4, 0.5) is 9.18 Å². The Kier molecular flexibility index (Phi) is 4.67. The summed E-state index contributed by atoms with van der Waals surface area (Å²) < 4.78 is 20.6. The molecule has 4 nitrogen and oxygen atoms in total. The van der Waals surface area contributed by atoms with Gasteiger partial charge in [0.25, 0.3) is 0 Å². The topological polar surface area (TPSA) is 42.4 Å². The number of carbonyl (C=O) groups excluding carboxylic acids is 1. The van der Waals surface area contributed by atoms with E-state index in [1.807, 2.05) is 51.1 Å². The van der Waals surface area contributed by atoms with Gasteiger partial charge in [-0.05, 0) is 57.4 Å². The number of nitrogens with zero attached hydrogens (tertiary/aromatic N) is 2. The van der Waals surface area contributed by atoms with Crippen molar-refractivity contribution < 1.29 is 13.9 Å². The number of pyridine rings is 1. The maximum absolute atomic E-state index is 15.2. The molecule has 0 radical (unpaired) electrons. The highest BCUT2D eigenvalue weighted by atomic mass is 19.1. The molecule has 0 saturated carbocycles. The van der Waals surface area contributed by atoms with Crippen molar-refractivity contribution in [1.29, 1.82) is 0 Å². The van der Waals surface area contributed by atoms with Gasteiger partial charge >= 0.3 is 6.09 Å². The Labute approximate surface area is 148 Å². The number of benzene rings is 1. The number of piperidine rings is 1. The van der Waals surface area contributed by atoms with Crippen LogP contribution in [0.25, 0.3) is 10.9 Å². The van der Waals surface area contributed by atoms with E-state index in [2.05, 4.69) is 4.98 Å². The van der Waals surface area contributed by atoms with Crippen LogP contribution in [0, 0.1) is 0 Å². The normalized spacial score (nSPS) is 17.5. The zero-order chi connectivity index (χ0) is 18.1. The molecule has 1 fully saturated rings. The lowest BCUT2D eigenvalue weighted by Crippen LogP contribution is -2.47. The predicted octanol–water partition coefficient (Wildman–Crippen LogP) is 4.52. The van der Waals surface area contributed by atoms with Crippen LogP contribution in [0.5, 0.6) is 0 Å². The zero-order valence-electron chi connectivity index (χ0n) is 15.1. The molecular weight excluding hydrogens is 319 g/mol. The number of ether oxygens (including phenoxy) is 1. The van der Waals surface area contributed by atoms with Gasteiger partial charge in [-0.15, -0.1) is 0 Å². The van der Waals surface area contributed by atoms with Crippen LogP contribution < -0.4 is 0 Å². The summed E-state index contributed by atoms with van der Waals surface area (Å²) in [5.41, 5.74) is 0.0714. The number of fused-ring (bicyclic) bond motifs is 1. The largest absolute Gasteiger partial charge is 0.444 e. The first-order chi connectivity index (χ1) is 11.7. The van der Waals surface area contributed by atoms with Gasteiger partial charge in [-0.1, -0.05) is 12.1 Å². The van der Waals surface area contributed by atoms with Crippen LogP contribution in [0.3, 0.4) is 0 Å². The Morgan fingerprint density at radius 1 is 1.28 bits per heavy atom. The van der Waals surface area contributed by atoms with E-state index >= 15 is 4.39 Å². The maximum Gasteiger partial charge on any atom is 0.410 e. The van der Waals surface area contributed by atoms with E-state index in [-0.39, 0.29) is 6.09 Å². The van der Waals surface area contributed by atoms with Crippen molar-refractivity contribution in [2.45, 2.75) is 51.3 Å². The SMILES string of the molecule is CC(C)(C)OC(=O)N1CCC(F)(Cc2ccc3ncccc3c2)CC1. The number of hydrogen-bond acceptors (Lipinski definition) is 3. The number of hydrogen-bond donors (Lipinski definition) is 0. The number of alkyl halides is 1. The molecule has 134 valence electrons. The second-order valence-electron chi connectivity index (χ2n) is 7.83. The van der Waals surface area contributed by atoms with Crippen molar-refractivity contribution in [3.05, 3.63) is 42.1 Å². The Balaban J connectivity index is 1.63. The number of rotatable bonds is 2. The highest BCUT2D eigenvalue weighted by molar-refractivity contribution is 5.78. The van der Waals surface area contributed by atoms with Crippen LogP contribution in [0.1, 0.15) is 39.2 Å². The molecule has 0 aliphatic carbocycles. The second kappa shape index (κ2) is 6.62. The summed E-state index contributed by atoms with van der Waals surface area (Å²) >= 11 is 0. The highest BCUT2D eigenvalue weighted by Crippen LogP contribution is 2.31. The molecule has 0 atom stereocenters. The molecule has 1 aliphatic heterocycles. The quantitative estimate of drug-likeness (QED) is 0.804. The summed E-state index contributed by atoms with van der Waals surface area (Å²) in [5, 5.41) is 1.02. The molecule has 3 rings (SSSR count). The van der Waals surface area contributed by atoms with E-state index < -0.39 is 11.3 Å². The number of amides is 1. The lowest BCUT2D eigenvalue weighted by molar-refractivity contribution is 0.00340. The van der Waals surface area contributed by atoms with Gasteiger partial charge in [0.05, 0.1) is 5.52 Å². The van der Waals surface area contributed by atoms with Gasteiger partial charge < -0.3 is 9.64 Å². The van der Waals surface area contributed by atoms with Crippen molar-refractivity contribution in [2.75, 3.05) is 13.1 Å². The molecule has 1 aromatic heterocycles. The minimum Gasteiger partial charge on any atom is -0.444 e. The van der Waals surface area contributed by atoms with Crippen LogP contribution >= 0.6 is 0 Å². The summed E-state index contributed by atoms with van der Waals surface area (Å²) in [6.45, 7) is 6.29. The van der Waals surface area contributed by atoms with Gasteiger partial charge in [0, 0.05) is 31.1 Å². The smallest absolute Gasteiger partial charge is 0.410 e. The van der Waals surface area contributed by atoms with Gasteiger partial charge in [0.15, 0.2) is 0 Å². The monoisotopic (exact) mass is 344 g/mol. The fraction of sp³-hybridized carbons (Fsp3) is 0.500. The minimum absolute atomic E-state index is 0.331. The van der Waals surface area contributed by atoms with Gasteiger partial charge in [-0.25, -0.2) is 9.18 Å². The third kappa shape index (κ3) is 4.47. The molecule has 0 spiro atoms. The predicted molar refractivity (Wildman–Crippen MR) is 96.3 cm³/mol. The Morgan fingerprint density at radius 2 is 2.00 bits per heavy atom. The third-order valence-corrected chi connectivity index (χ3v) is 4.50. The molecule has 2 heterocycles. The summed E-state index contributed by atoms with van der Waals surface area (Å²) in [4.78, 5) is 18.0. The van der Waals surface area contributed by atoms with E-state index in [0.29, 0.717) is 32.4 Å². The van der Waals surface area contributed by atoms with Crippen LogP contribution in [-0.2, 0) is 11.2 Å². The van der Waals surface area contributed by atoms with E-state index in [4.69, 9.17) is 4.74 Å². The van der Waals surface area contributed by atoms with E-state index in [1.54, 1.807) is 11.1 Å². The van der Waals surface area contributed by atoms with Gasteiger partial charge in [0.1, 0.15) is 11.3 Å². The molecule has 0 N–H and O–H groups in total. The second-order valence-corrected chi connectivity index (χ2v) is 7.83. The van der Waals surface area contributed by atoms with Crippen molar-refractivity contribution in [2.24, 2.45) is 0 Å². The maximum atomic E-state index is 15.2. The molecule has 1 aliphatic rings. The molecule has 1 saturated heterocycles. The van der Waals surface area contributed by atoms with Crippen molar-refractivity contribution >= 4 is 17.0 Å².